The van der Waals surface area contributed by atoms with Crippen LogP contribution in [0.3, 0.4) is 0 Å². The highest BCUT2D eigenvalue weighted by atomic mass is 19.3. The number of aromatic amines is 1. The van der Waals surface area contributed by atoms with Crippen molar-refractivity contribution in [2.45, 2.75) is 37.4 Å². The molecule has 2 N–H and O–H groups in total. The Kier molecular flexibility index (Phi) is 3.94. The second kappa shape index (κ2) is 6.40. The second-order valence-corrected chi connectivity index (χ2v) is 7.71. The van der Waals surface area contributed by atoms with Crippen molar-refractivity contribution in [3.05, 3.63) is 54.0 Å². The van der Waals surface area contributed by atoms with Crippen molar-refractivity contribution >= 4 is 22.7 Å². The standard InChI is InChI=1S/C20H19F2N5O2/c21-20(22)8-13(9-20)24-18(28)17-11-26(10-14-5-6-23-27(14)17)19(29)16-7-12-3-1-2-4-15(12)25-16/h1-7,13,17,25H,8-11H2,(H,24,28)/t17-/m0/s1. The molecular weight excluding hydrogens is 380 g/mol. The summed E-state index contributed by atoms with van der Waals surface area (Å²) < 4.78 is 27.7. The van der Waals surface area contributed by atoms with Gasteiger partial charge >= 0.3 is 0 Å². The van der Waals surface area contributed by atoms with Crippen LogP contribution in [-0.4, -0.2) is 50.0 Å². The van der Waals surface area contributed by atoms with Gasteiger partial charge in [-0.15, -0.1) is 0 Å². The highest BCUT2D eigenvalue weighted by molar-refractivity contribution is 5.98. The molecule has 0 bridgehead atoms. The number of fused-ring (bicyclic) bond motifs is 2. The number of carbonyl (C=O) groups excluding carboxylic acids is 2. The van der Waals surface area contributed by atoms with Crippen LogP contribution in [0.15, 0.2) is 42.6 Å². The summed E-state index contributed by atoms with van der Waals surface area (Å²) in [4.78, 5) is 30.5. The molecule has 5 rings (SSSR count). The molecule has 0 radical (unpaired) electrons. The first-order valence-electron chi connectivity index (χ1n) is 9.47. The molecule has 29 heavy (non-hydrogen) atoms. The topological polar surface area (TPSA) is 83.0 Å². The summed E-state index contributed by atoms with van der Waals surface area (Å²) in [6.45, 7) is 0.442. The molecule has 1 aliphatic heterocycles. The van der Waals surface area contributed by atoms with Crippen LogP contribution in [-0.2, 0) is 11.3 Å². The molecule has 2 aliphatic rings. The van der Waals surface area contributed by atoms with Gasteiger partial charge in [0.15, 0.2) is 0 Å². The Labute approximate surface area is 164 Å². The number of nitrogens with one attached hydrogen (secondary N) is 2. The maximum Gasteiger partial charge on any atom is 0.270 e. The van der Waals surface area contributed by atoms with Crippen LogP contribution in [0.25, 0.3) is 10.9 Å². The fraction of sp³-hybridized carbons (Fsp3) is 0.350. The second-order valence-electron chi connectivity index (χ2n) is 7.71. The summed E-state index contributed by atoms with van der Waals surface area (Å²) >= 11 is 0. The molecule has 1 fully saturated rings. The van der Waals surface area contributed by atoms with E-state index in [1.807, 2.05) is 24.3 Å². The molecule has 1 atom stereocenters. The summed E-state index contributed by atoms with van der Waals surface area (Å²) in [7, 11) is 0. The first-order chi connectivity index (χ1) is 13.9. The van der Waals surface area contributed by atoms with Gasteiger partial charge in [-0.2, -0.15) is 5.10 Å². The monoisotopic (exact) mass is 399 g/mol. The van der Waals surface area contributed by atoms with E-state index >= 15 is 0 Å². The Morgan fingerprint density at radius 3 is 2.76 bits per heavy atom. The van der Waals surface area contributed by atoms with Crippen LogP contribution >= 0.6 is 0 Å². The zero-order valence-electron chi connectivity index (χ0n) is 15.4. The smallest absolute Gasteiger partial charge is 0.270 e. The third-order valence-corrected chi connectivity index (χ3v) is 5.58. The van der Waals surface area contributed by atoms with Crippen molar-refractivity contribution in [2.24, 2.45) is 0 Å². The summed E-state index contributed by atoms with van der Waals surface area (Å²) in [5, 5.41) is 7.80. The lowest BCUT2D eigenvalue weighted by atomic mass is 9.88. The SMILES string of the molecule is O=C(NC1CC(F)(F)C1)[C@@H]1CN(C(=O)c2cc3ccccc3[nH]2)Cc2ccnn21. The number of amides is 2. The minimum Gasteiger partial charge on any atom is -0.351 e. The number of para-hydroxylation sites is 1. The molecule has 0 unspecified atom stereocenters. The highest BCUT2D eigenvalue weighted by Gasteiger charge is 2.47. The number of H-pyrrole nitrogens is 1. The number of alkyl halides is 2. The van der Waals surface area contributed by atoms with E-state index in [2.05, 4.69) is 15.4 Å². The molecule has 1 saturated carbocycles. The molecule has 1 aromatic carbocycles. The fourth-order valence-electron chi connectivity index (χ4n) is 4.06. The van der Waals surface area contributed by atoms with Gasteiger partial charge < -0.3 is 15.2 Å². The van der Waals surface area contributed by atoms with Gasteiger partial charge in [-0.05, 0) is 18.2 Å². The molecule has 1 aliphatic carbocycles. The van der Waals surface area contributed by atoms with Gasteiger partial charge in [0, 0.05) is 36.0 Å². The lowest BCUT2D eigenvalue weighted by Crippen LogP contribution is -2.54. The van der Waals surface area contributed by atoms with E-state index < -0.39 is 23.9 Å². The molecule has 3 heterocycles. The Bertz CT molecular complexity index is 1060. The predicted molar refractivity (Wildman–Crippen MR) is 100 cm³/mol. The van der Waals surface area contributed by atoms with Crippen molar-refractivity contribution in [3.63, 3.8) is 0 Å². The molecular formula is C20H19F2N5O2. The number of hydrogen-bond acceptors (Lipinski definition) is 3. The first kappa shape index (κ1) is 17.8. The van der Waals surface area contributed by atoms with Gasteiger partial charge in [-0.1, -0.05) is 18.2 Å². The molecule has 2 aromatic heterocycles. The lowest BCUT2D eigenvalue weighted by molar-refractivity contribution is -0.133. The van der Waals surface area contributed by atoms with Crippen molar-refractivity contribution < 1.29 is 18.4 Å². The van der Waals surface area contributed by atoms with Crippen molar-refractivity contribution in [1.29, 1.82) is 0 Å². The molecule has 9 heteroatoms. The first-order valence-corrected chi connectivity index (χ1v) is 9.47. The van der Waals surface area contributed by atoms with E-state index in [0.717, 1.165) is 16.6 Å². The van der Waals surface area contributed by atoms with Crippen LogP contribution in [0.2, 0.25) is 0 Å². The van der Waals surface area contributed by atoms with E-state index in [4.69, 9.17) is 0 Å². The van der Waals surface area contributed by atoms with E-state index in [0.29, 0.717) is 12.2 Å². The predicted octanol–water partition coefficient (Wildman–Crippen LogP) is 2.48. The largest absolute Gasteiger partial charge is 0.351 e. The van der Waals surface area contributed by atoms with Crippen molar-refractivity contribution in [3.8, 4) is 0 Å². The van der Waals surface area contributed by atoms with Gasteiger partial charge in [0.05, 0.1) is 18.8 Å². The Morgan fingerprint density at radius 2 is 2.00 bits per heavy atom. The van der Waals surface area contributed by atoms with Crippen LogP contribution < -0.4 is 5.32 Å². The highest BCUT2D eigenvalue weighted by Crippen LogP contribution is 2.37. The Hall–Kier alpha value is -3.23. The van der Waals surface area contributed by atoms with Crippen LogP contribution in [0.5, 0.6) is 0 Å². The minimum absolute atomic E-state index is 0.123. The molecule has 150 valence electrons. The summed E-state index contributed by atoms with van der Waals surface area (Å²) in [5.41, 5.74) is 2.02. The van der Waals surface area contributed by atoms with Crippen LogP contribution in [0.4, 0.5) is 8.78 Å². The number of aromatic nitrogens is 3. The molecule has 2 amide bonds. The Morgan fingerprint density at radius 1 is 1.21 bits per heavy atom. The third kappa shape index (κ3) is 3.16. The van der Waals surface area contributed by atoms with Crippen LogP contribution in [0, 0.1) is 0 Å². The summed E-state index contributed by atoms with van der Waals surface area (Å²) in [5.74, 6) is -3.33. The average molecular weight is 399 g/mol. The number of rotatable bonds is 3. The summed E-state index contributed by atoms with van der Waals surface area (Å²) in [6, 6.07) is 9.83. The number of halogens is 2. The third-order valence-electron chi connectivity index (χ3n) is 5.58. The zero-order valence-corrected chi connectivity index (χ0v) is 15.4. The molecule has 0 spiro atoms. The molecule has 7 nitrogen and oxygen atoms in total. The van der Waals surface area contributed by atoms with Gasteiger partial charge in [0.2, 0.25) is 5.91 Å². The van der Waals surface area contributed by atoms with Crippen molar-refractivity contribution in [1.82, 2.24) is 25.0 Å². The molecule has 3 aromatic rings. The molecule has 0 saturated heterocycles. The lowest BCUT2D eigenvalue weighted by Gasteiger charge is -2.38. The number of benzene rings is 1. The maximum atomic E-state index is 13.1. The van der Waals surface area contributed by atoms with Gasteiger partial charge in [0.1, 0.15) is 11.7 Å². The quantitative estimate of drug-likeness (QED) is 0.710. The van der Waals surface area contributed by atoms with Gasteiger partial charge in [-0.25, -0.2) is 8.78 Å². The minimum atomic E-state index is -2.71. The van der Waals surface area contributed by atoms with E-state index in [-0.39, 0.29) is 25.3 Å². The normalized spacial score (nSPS) is 20.9. The van der Waals surface area contributed by atoms with Gasteiger partial charge in [-0.3, -0.25) is 14.3 Å². The van der Waals surface area contributed by atoms with Crippen molar-refractivity contribution in [2.75, 3.05) is 6.54 Å². The van der Waals surface area contributed by atoms with E-state index in [1.165, 1.54) is 0 Å². The summed E-state index contributed by atoms with van der Waals surface area (Å²) in [6.07, 6.45) is 0.869. The fourth-order valence-corrected chi connectivity index (χ4v) is 4.06. The number of hydrogen-bond donors (Lipinski definition) is 2. The maximum absolute atomic E-state index is 13.1. The van der Waals surface area contributed by atoms with E-state index in [9.17, 15) is 18.4 Å². The number of carbonyl (C=O) groups is 2. The Balaban J connectivity index is 1.37. The van der Waals surface area contributed by atoms with Crippen LogP contribution in [0.1, 0.15) is 35.1 Å². The number of nitrogens with zero attached hydrogens (tertiary/aromatic N) is 3. The zero-order chi connectivity index (χ0) is 20.2. The van der Waals surface area contributed by atoms with Gasteiger partial charge in [0.25, 0.3) is 11.8 Å². The average Bonchev–Trinajstić information content (AvgIpc) is 3.31. The van der Waals surface area contributed by atoms with E-state index in [1.54, 1.807) is 27.9 Å².